The molecule has 1 N–H and O–H groups in total. The summed E-state index contributed by atoms with van der Waals surface area (Å²) in [5.41, 5.74) is 0.795. The van der Waals surface area contributed by atoms with Crippen molar-refractivity contribution in [1.82, 2.24) is 19.9 Å². The normalized spacial score (nSPS) is 25.0. The average molecular weight is 341 g/mol. The minimum Gasteiger partial charge on any atom is -0.494 e. The number of carbonyl (C=O) groups excluding carboxylic acids is 1. The first-order chi connectivity index (χ1) is 12.2. The van der Waals surface area contributed by atoms with E-state index in [-0.39, 0.29) is 18.1 Å². The molecular formula is C18H23N5O2. The number of hydrogen-bond acceptors (Lipinski definition) is 4. The van der Waals surface area contributed by atoms with Gasteiger partial charge < -0.3 is 15.0 Å². The van der Waals surface area contributed by atoms with Crippen LogP contribution in [0.15, 0.2) is 36.7 Å². The van der Waals surface area contributed by atoms with Gasteiger partial charge in [-0.2, -0.15) is 15.0 Å². The molecule has 0 spiro atoms. The van der Waals surface area contributed by atoms with Crippen LogP contribution in [0.4, 0.5) is 10.5 Å². The zero-order valence-corrected chi connectivity index (χ0v) is 14.3. The zero-order chi connectivity index (χ0) is 17.2. The van der Waals surface area contributed by atoms with Crippen LogP contribution in [0.25, 0.3) is 0 Å². The van der Waals surface area contributed by atoms with Gasteiger partial charge in [0.2, 0.25) is 0 Å². The fourth-order valence-corrected chi connectivity index (χ4v) is 4.07. The lowest BCUT2D eigenvalue weighted by atomic mass is 9.98. The summed E-state index contributed by atoms with van der Waals surface area (Å²) in [4.78, 5) is 16.6. The molecule has 0 radical (unpaired) electrons. The van der Waals surface area contributed by atoms with Gasteiger partial charge >= 0.3 is 6.03 Å². The third-order valence-corrected chi connectivity index (χ3v) is 5.12. The average Bonchev–Trinajstić information content (AvgIpc) is 3.24. The van der Waals surface area contributed by atoms with Gasteiger partial charge in [-0.15, -0.1) is 0 Å². The van der Waals surface area contributed by atoms with Crippen molar-refractivity contribution in [3.63, 3.8) is 0 Å². The molecule has 132 valence electrons. The van der Waals surface area contributed by atoms with Gasteiger partial charge in [0, 0.05) is 17.8 Å². The Morgan fingerprint density at radius 2 is 1.76 bits per heavy atom. The molecule has 7 nitrogen and oxygen atoms in total. The van der Waals surface area contributed by atoms with Crippen molar-refractivity contribution in [1.29, 1.82) is 0 Å². The predicted molar refractivity (Wildman–Crippen MR) is 93.6 cm³/mol. The third-order valence-electron chi connectivity index (χ3n) is 5.12. The van der Waals surface area contributed by atoms with Crippen molar-refractivity contribution >= 4 is 11.7 Å². The Labute approximate surface area is 147 Å². The monoisotopic (exact) mass is 341 g/mol. The highest BCUT2D eigenvalue weighted by atomic mass is 16.5. The molecule has 2 amide bonds. The van der Waals surface area contributed by atoms with E-state index < -0.39 is 0 Å². The largest absolute Gasteiger partial charge is 0.494 e. The molecule has 0 aliphatic carbocycles. The van der Waals surface area contributed by atoms with Crippen LogP contribution in [0.1, 0.15) is 38.6 Å². The summed E-state index contributed by atoms with van der Waals surface area (Å²) in [5.74, 6) is 0.813. The maximum Gasteiger partial charge on any atom is 0.322 e. The standard InChI is InChI=1S/C18H23N5O2/c1-2-25-17-7-3-13(4-8-17)21-18(24)22-14-5-6-15(22)12-16(11-14)23-19-9-10-20-23/h3-4,7-10,14-16H,2,5-6,11-12H2,1H3,(H,21,24). The van der Waals surface area contributed by atoms with Gasteiger partial charge in [-0.1, -0.05) is 0 Å². The van der Waals surface area contributed by atoms with Gasteiger partial charge in [-0.3, -0.25) is 0 Å². The number of urea groups is 1. The van der Waals surface area contributed by atoms with Crippen LogP contribution in [0.5, 0.6) is 5.75 Å². The molecule has 25 heavy (non-hydrogen) atoms. The molecular weight excluding hydrogens is 318 g/mol. The number of fused-ring (bicyclic) bond motifs is 2. The highest BCUT2D eigenvalue weighted by Gasteiger charge is 2.44. The lowest BCUT2D eigenvalue weighted by molar-refractivity contribution is 0.124. The molecule has 4 rings (SSSR count). The lowest BCUT2D eigenvalue weighted by Gasteiger charge is -2.38. The minimum atomic E-state index is -0.0106. The first-order valence-electron chi connectivity index (χ1n) is 8.92. The summed E-state index contributed by atoms with van der Waals surface area (Å²) in [6.07, 6.45) is 7.38. The smallest absolute Gasteiger partial charge is 0.322 e. The Balaban J connectivity index is 1.41. The van der Waals surface area contributed by atoms with Gasteiger partial charge in [-0.05, 0) is 56.9 Å². The number of amides is 2. The number of ether oxygens (including phenoxy) is 1. The van der Waals surface area contributed by atoms with Crippen LogP contribution in [0.3, 0.4) is 0 Å². The van der Waals surface area contributed by atoms with Crippen molar-refractivity contribution in [3.05, 3.63) is 36.7 Å². The van der Waals surface area contributed by atoms with E-state index in [4.69, 9.17) is 4.74 Å². The van der Waals surface area contributed by atoms with Crippen molar-refractivity contribution in [2.24, 2.45) is 0 Å². The highest BCUT2D eigenvalue weighted by Crippen LogP contribution is 2.40. The van der Waals surface area contributed by atoms with Gasteiger partial charge in [0.05, 0.1) is 25.0 Å². The quantitative estimate of drug-likeness (QED) is 0.927. The van der Waals surface area contributed by atoms with Crippen LogP contribution in [-0.4, -0.2) is 44.6 Å². The molecule has 1 aromatic carbocycles. The lowest BCUT2D eigenvalue weighted by Crippen LogP contribution is -2.49. The Kier molecular flexibility index (Phi) is 4.29. The number of benzene rings is 1. The van der Waals surface area contributed by atoms with E-state index in [0.717, 1.165) is 37.1 Å². The number of anilines is 1. The Morgan fingerprint density at radius 3 is 2.36 bits per heavy atom. The Bertz CT molecular complexity index is 702. The van der Waals surface area contributed by atoms with Crippen LogP contribution in [0, 0.1) is 0 Å². The van der Waals surface area contributed by atoms with Crippen LogP contribution in [-0.2, 0) is 0 Å². The predicted octanol–water partition coefficient (Wildman–Crippen LogP) is 3.08. The molecule has 7 heteroatoms. The maximum atomic E-state index is 12.8. The van der Waals surface area contributed by atoms with Gasteiger partial charge in [-0.25, -0.2) is 4.79 Å². The molecule has 2 bridgehead atoms. The number of piperidine rings is 1. The molecule has 2 fully saturated rings. The summed E-state index contributed by atoms with van der Waals surface area (Å²) < 4.78 is 5.44. The second kappa shape index (κ2) is 6.74. The number of aromatic nitrogens is 3. The molecule has 3 heterocycles. The first kappa shape index (κ1) is 15.9. The van der Waals surface area contributed by atoms with Crippen LogP contribution in [0.2, 0.25) is 0 Å². The second-order valence-corrected chi connectivity index (χ2v) is 6.65. The Morgan fingerprint density at radius 1 is 1.12 bits per heavy atom. The molecule has 0 saturated carbocycles. The van der Waals surface area contributed by atoms with E-state index in [0.29, 0.717) is 12.6 Å². The highest BCUT2D eigenvalue weighted by molar-refractivity contribution is 5.90. The number of carbonyl (C=O) groups is 1. The summed E-state index contributed by atoms with van der Waals surface area (Å²) in [5, 5.41) is 11.6. The molecule has 2 aliphatic heterocycles. The van der Waals surface area contributed by atoms with E-state index in [1.54, 1.807) is 17.2 Å². The molecule has 2 saturated heterocycles. The zero-order valence-electron chi connectivity index (χ0n) is 14.3. The van der Waals surface area contributed by atoms with Crippen molar-refractivity contribution in [2.75, 3.05) is 11.9 Å². The molecule has 2 aliphatic rings. The number of nitrogens with one attached hydrogen (secondary N) is 1. The van der Waals surface area contributed by atoms with Crippen molar-refractivity contribution in [3.8, 4) is 5.75 Å². The molecule has 2 aromatic rings. The van der Waals surface area contributed by atoms with E-state index in [2.05, 4.69) is 15.5 Å². The van der Waals surface area contributed by atoms with E-state index in [1.165, 1.54) is 0 Å². The summed E-state index contributed by atoms with van der Waals surface area (Å²) in [6, 6.07) is 8.32. The van der Waals surface area contributed by atoms with E-state index in [9.17, 15) is 4.79 Å². The fraction of sp³-hybridized carbons (Fsp3) is 0.500. The number of nitrogens with zero attached hydrogens (tertiary/aromatic N) is 4. The third kappa shape index (κ3) is 3.18. The molecule has 2 atom stereocenters. The fourth-order valence-electron chi connectivity index (χ4n) is 4.07. The maximum absolute atomic E-state index is 12.8. The summed E-state index contributed by atoms with van der Waals surface area (Å²) in [6.45, 7) is 2.59. The second-order valence-electron chi connectivity index (χ2n) is 6.65. The van der Waals surface area contributed by atoms with Crippen LogP contribution >= 0.6 is 0 Å². The SMILES string of the molecule is CCOc1ccc(NC(=O)N2C3CCC2CC(n2nccn2)C3)cc1. The van der Waals surface area contributed by atoms with Gasteiger partial charge in [0.25, 0.3) is 0 Å². The van der Waals surface area contributed by atoms with Crippen LogP contribution < -0.4 is 10.1 Å². The topological polar surface area (TPSA) is 72.3 Å². The number of rotatable bonds is 4. The van der Waals surface area contributed by atoms with Crippen molar-refractivity contribution < 1.29 is 9.53 Å². The first-order valence-corrected chi connectivity index (χ1v) is 8.92. The van der Waals surface area contributed by atoms with Crippen molar-refractivity contribution in [2.45, 2.75) is 50.7 Å². The Hall–Kier alpha value is -2.57. The van der Waals surface area contributed by atoms with Gasteiger partial charge in [0.15, 0.2) is 0 Å². The van der Waals surface area contributed by atoms with Gasteiger partial charge in [0.1, 0.15) is 5.75 Å². The van der Waals surface area contributed by atoms with E-state index >= 15 is 0 Å². The van der Waals surface area contributed by atoms with E-state index in [1.807, 2.05) is 36.1 Å². The molecule has 1 aromatic heterocycles. The molecule has 2 unspecified atom stereocenters. The number of hydrogen-bond donors (Lipinski definition) is 1. The minimum absolute atomic E-state index is 0.0106. The summed E-state index contributed by atoms with van der Waals surface area (Å²) in [7, 11) is 0. The summed E-state index contributed by atoms with van der Waals surface area (Å²) >= 11 is 0.